The Balaban J connectivity index is 1.83. The fourth-order valence-electron chi connectivity index (χ4n) is 2.72. The molecule has 0 aliphatic heterocycles. The number of H-pyrrole nitrogens is 1. The Bertz CT molecular complexity index is 1050. The number of nitrogens with one attached hydrogen (secondary N) is 1. The highest BCUT2D eigenvalue weighted by Gasteiger charge is 2.20. The number of nitrogens with zero attached hydrogens (tertiary/aromatic N) is 2. The molecule has 0 amide bonds. The Labute approximate surface area is 149 Å². The average molecular weight is 376 g/mol. The van der Waals surface area contributed by atoms with Crippen LogP contribution in [0.3, 0.4) is 0 Å². The first-order valence-corrected chi connectivity index (χ1v) is 9.34. The van der Waals surface area contributed by atoms with Crippen LogP contribution in [0.25, 0.3) is 22.5 Å². The molecule has 0 radical (unpaired) electrons. The number of fused-ring (bicyclic) bond motifs is 1. The van der Waals surface area contributed by atoms with Crippen LogP contribution in [0.5, 0.6) is 0 Å². The van der Waals surface area contributed by atoms with Gasteiger partial charge in [-0.25, -0.2) is 9.37 Å². The second-order valence-corrected chi connectivity index (χ2v) is 7.07. The van der Waals surface area contributed by atoms with E-state index in [1.807, 2.05) is 6.07 Å². The molecule has 4 rings (SSSR count). The van der Waals surface area contributed by atoms with Crippen molar-refractivity contribution in [1.82, 2.24) is 15.2 Å². The SMILES string of the molecule is [O-][S+](Cl)c1ccc(-c2n[nH]c3nccc(Cc4ccccc4F)c23)o1. The molecule has 1 atom stereocenters. The molecule has 0 aliphatic rings. The van der Waals surface area contributed by atoms with E-state index in [9.17, 15) is 8.94 Å². The summed E-state index contributed by atoms with van der Waals surface area (Å²) in [7, 11) is 3.81. The molecular formula is C17H11ClFN3O2S. The lowest BCUT2D eigenvalue weighted by Crippen LogP contribution is -1.94. The van der Waals surface area contributed by atoms with Crippen molar-refractivity contribution >= 4 is 32.1 Å². The second kappa shape index (κ2) is 6.51. The standard InChI is InChI=1S/C17H11ClFN3O2S/c18-25(23)14-6-5-13(24-14)16-15-11(7-8-20-17(15)22-21-16)9-10-3-1-2-4-12(10)19/h1-8H,9H2,(H,20,21,22). The smallest absolute Gasteiger partial charge is 0.332 e. The van der Waals surface area contributed by atoms with Crippen molar-refractivity contribution in [2.24, 2.45) is 0 Å². The van der Waals surface area contributed by atoms with Crippen LogP contribution in [0.4, 0.5) is 4.39 Å². The van der Waals surface area contributed by atoms with E-state index < -0.39 is 10.4 Å². The first-order valence-electron chi connectivity index (χ1n) is 7.37. The van der Waals surface area contributed by atoms with Crippen LogP contribution in [0.15, 0.2) is 58.2 Å². The monoisotopic (exact) mass is 375 g/mol. The first-order chi connectivity index (χ1) is 12.1. The number of rotatable bonds is 4. The zero-order valence-electron chi connectivity index (χ0n) is 12.7. The Morgan fingerprint density at radius 3 is 2.76 bits per heavy atom. The molecule has 0 saturated carbocycles. The third kappa shape index (κ3) is 3.02. The fourth-order valence-corrected chi connectivity index (χ4v) is 3.30. The highest BCUT2D eigenvalue weighted by molar-refractivity contribution is 8.13. The van der Waals surface area contributed by atoms with Gasteiger partial charge in [0.1, 0.15) is 21.9 Å². The van der Waals surface area contributed by atoms with Crippen molar-refractivity contribution < 1.29 is 13.4 Å². The first kappa shape index (κ1) is 16.1. The minimum absolute atomic E-state index is 0.146. The van der Waals surface area contributed by atoms with Gasteiger partial charge in [0.05, 0.1) is 5.39 Å². The van der Waals surface area contributed by atoms with Gasteiger partial charge in [0.25, 0.3) is 0 Å². The van der Waals surface area contributed by atoms with Gasteiger partial charge in [0.2, 0.25) is 0 Å². The van der Waals surface area contributed by atoms with E-state index in [-0.39, 0.29) is 10.9 Å². The van der Waals surface area contributed by atoms with Gasteiger partial charge < -0.3 is 8.97 Å². The lowest BCUT2D eigenvalue weighted by molar-refractivity contribution is 0.465. The average Bonchev–Trinajstić information content (AvgIpc) is 3.24. The van der Waals surface area contributed by atoms with Gasteiger partial charge in [0.15, 0.2) is 22.1 Å². The van der Waals surface area contributed by atoms with E-state index in [1.54, 1.807) is 30.5 Å². The van der Waals surface area contributed by atoms with E-state index in [1.165, 1.54) is 12.1 Å². The minimum atomic E-state index is -1.74. The summed E-state index contributed by atoms with van der Waals surface area (Å²) in [5, 5.41) is 7.96. The van der Waals surface area contributed by atoms with Gasteiger partial charge in [-0.3, -0.25) is 5.10 Å². The Morgan fingerprint density at radius 1 is 1.16 bits per heavy atom. The lowest BCUT2D eigenvalue weighted by Gasteiger charge is -2.05. The molecule has 25 heavy (non-hydrogen) atoms. The Hall–Kier alpha value is -2.35. The molecule has 0 fully saturated rings. The summed E-state index contributed by atoms with van der Waals surface area (Å²) in [5.41, 5.74) is 2.50. The zero-order valence-corrected chi connectivity index (χ0v) is 14.3. The van der Waals surface area contributed by atoms with E-state index in [0.29, 0.717) is 29.1 Å². The van der Waals surface area contributed by atoms with Crippen molar-refractivity contribution in [1.29, 1.82) is 0 Å². The van der Waals surface area contributed by atoms with E-state index in [2.05, 4.69) is 15.2 Å². The molecular weight excluding hydrogens is 365 g/mol. The number of furan rings is 1. The topological polar surface area (TPSA) is 77.8 Å². The summed E-state index contributed by atoms with van der Waals surface area (Å²) < 4.78 is 30.9. The normalized spacial score (nSPS) is 12.6. The van der Waals surface area contributed by atoms with Gasteiger partial charge in [-0.15, -0.1) is 0 Å². The second-order valence-electron chi connectivity index (χ2n) is 5.38. The molecule has 3 heterocycles. The van der Waals surface area contributed by atoms with Crippen molar-refractivity contribution in [3.8, 4) is 11.5 Å². The van der Waals surface area contributed by atoms with Gasteiger partial charge in [-0.2, -0.15) is 5.10 Å². The molecule has 4 aromatic rings. The van der Waals surface area contributed by atoms with Gasteiger partial charge in [0, 0.05) is 18.7 Å². The third-order valence-electron chi connectivity index (χ3n) is 3.86. The summed E-state index contributed by atoms with van der Waals surface area (Å²) in [6, 6.07) is 11.6. The maximum absolute atomic E-state index is 14.0. The Kier molecular flexibility index (Phi) is 4.20. The van der Waals surface area contributed by atoms with Gasteiger partial charge >= 0.3 is 5.09 Å². The number of pyridine rings is 1. The summed E-state index contributed by atoms with van der Waals surface area (Å²) >= 11 is 0. The van der Waals surface area contributed by atoms with Crippen LogP contribution in [0, 0.1) is 5.82 Å². The molecule has 0 bridgehead atoms. The van der Waals surface area contributed by atoms with Crippen LogP contribution < -0.4 is 0 Å². The third-order valence-corrected chi connectivity index (χ3v) is 4.85. The zero-order chi connectivity index (χ0) is 17.4. The molecule has 5 nitrogen and oxygen atoms in total. The maximum atomic E-state index is 14.0. The van der Waals surface area contributed by atoms with E-state index in [4.69, 9.17) is 15.1 Å². The largest absolute Gasteiger partial charge is 0.592 e. The number of halogens is 2. The number of hydrogen-bond donors (Lipinski definition) is 1. The predicted octanol–water partition coefficient (Wildman–Crippen LogP) is 4.21. The minimum Gasteiger partial charge on any atom is -0.592 e. The highest BCUT2D eigenvalue weighted by Crippen LogP contribution is 2.32. The quantitative estimate of drug-likeness (QED) is 0.542. The van der Waals surface area contributed by atoms with Crippen molar-refractivity contribution in [2.75, 3.05) is 0 Å². The fraction of sp³-hybridized carbons (Fsp3) is 0.0588. The summed E-state index contributed by atoms with van der Waals surface area (Å²) in [5.74, 6) is 0.147. The van der Waals surface area contributed by atoms with Crippen LogP contribution in [-0.2, 0) is 16.8 Å². The van der Waals surface area contributed by atoms with Crippen LogP contribution >= 0.6 is 10.7 Å². The number of aromatic nitrogens is 3. The molecule has 1 N–H and O–H groups in total. The van der Waals surface area contributed by atoms with E-state index >= 15 is 0 Å². The molecule has 126 valence electrons. The Morgan fingerprint density at radius 2 is 2.00 bits per heavy atom. The van der Waals surface area contributed by atoms with Crippen LogP contribution in [-0.4, -0.2) is 19.7 Å². The van der Waals surface area contributed by atoms with Crippen LogP contribution in [0.1, 0.15) is 11.1 Å². The van der Waals surface area contributed by atoms with Gasteiger partial charge in [-0.05, 0) is 29.3 Å². The predicted molar refractivity (Wildman–Crippen MR) is 93.1 cm³/mol. The molecule has 1 unspecified atom stereocenters. The molecule has 8 heteroatoms. The molecule has 1 aromatic carbocycles. The molecule has 3 aromatic heterocycles. The highest BCUT2D eigenvalue weighted by atomic mass is 35.7. The number of aromatic amines is 1. The van der Waals surface area contributed by atoms with Crippen molar-refractivity contribution in [3.05, 3.63) is 65.6 Å². The summed E-state index contributed by atoms with van der Waals surface area (Å²) in [6.07, 6.45) is 2.02. The van der Waals surface area contributed by atoms with Gasteiger partial charge in [-0.1, -0.05) is 18.2 Å². The number of hydrogen-bond acceptors (Lipinski definition) is 4. The summed E-state index contributed by atoms with van der Waals surface area (Å²) in [6.45, 7) is 0. The molecule has 0 aliphatic carbocycles. The lowest BCUT2D eigenvalue weighted by atomic mass is 10.0. The maximum Gasteiger partial charge on any atom is 0.332 e. The molecule has 0 spiro atoms. The number of benzene rings is 1. The van der Waals surface area contributed by atoms with Crippen molar-refractivity contribution in [3.63, 3.8) is 0 Å². The van der Waals surface area contributed by atoms with Crippen molar-refractivity contribution in [2.45, 2.75) is 11.5 Å². The van der Waals surface area contributed by atoms with Crippen LogP contribution in [0.2, 0.25) is 0 Å². The summed E-state index contributed by atoms with van der Waals surface area (Å²) in [4.78, 5) is 4.25. The molecule has 0 saturated heterocycles. The van der Waals surface area contributed by atoms with E-state index in [0.717, 1.165) is 10.9 Å².